The molecule has 0 aliphatic carbocycles. The molecule has 5 nitrogen and oxygen atoms in total. The van der Waals surface area contributed by atoms with Gasteiger partial charge in [-0.25, -0.2) is 4.98 Å². The fourth-order valence-corrected chi connectivity index (χ4v) is 3.40. The second-order valence-electron chi connectivity index (χ2n) is 6.56. The van der Waals surface area contributed by atoms with E-state index in [2.05, 4.69) is 32.0 Å². The number of hydrogen-bond donors (Lipinski definition) is 1. The zero-order valence-electron chi connectivity index (χ0n) is 15.8. The summed E-state index contributed by atoms with van der Waals surface area (Å²) in [6.45, 7) is 0.399. The average Bonchev–Trinajstić information content (AvgIpc) is 2.77. The summed E-state index contributed by atoms with van der Waals surface area (Å²) in [6, 6.07) is 24.6. The second kappa shape index (κ2) is 8.76. The number of rotatable bonds is 5. The molecule has 0 amide bonds. The Labute approximate surface area is 181 Å². The van der Waals surface area contributed by atoms with Crippen LogP contribution in [0.3, 0.4) is 0 Å². The van der Waals surface area contributed by atoms with E-state index in [1.807, 2.05) is 48.5 Å². The summed E-state index contributed by atoms with van der Waals surface area (Å²) in [5.41, 5.74) is 2.23. The molecule has 0 bridgehead atoms. The number of aromatic nitrogens is 2. The summed E-state index contributed by atoms with van der Waals surface area (Å²) < 4.78 is 6.83. The normalized spacial score (nSPS) is 11.3. The van der Waals surface area contributed by atoms with Crippen LogP contribution in [0, 0.1) is 11.3 Å². The lowest BCUT2D eigenvalue weighted by atomic mass is 10.1. The van der Waals surface area contributed by atoms with Crippen LogP contribution in [0.2, 0.25) is 0 Å². The smallest absolute Gasteiger partial charge is 0.259 e. The molecule has 1 heterocycles. The second-order valence-corrected chi connectivity index (χ2v) is 7.47. The van der Waals surface area contributed by atoms with E-state index in [4.69, 9.17) is 4.74 Å². The molecule has 0 radical (unpaired) electrons. The molecule has 0 aliphatic rings. The van der Waals surface area contributed by atoms with Crippen LogP contribution in [-0.4, -0.2) is 9.97 Å². The number of nitrogens with zero attached hydrogens (tertiary/aromatic N) is 2. The molecule has 0 saturated heterocycles. The molecule has 0 fully saturated rings. The van der Waals surface area contributed by atoms with Crippen LogP contribution >= 0.6 is 15.9 Å². The molecular formula is C24H16BrN3O2. The van der Waals surface area contributed by atoms with Crippen molar-refractivity contribution in [3.05, 3.63) is 105 Å². The summed E-state index contributed by atoms with van der Waals surface area (Å²) in [7, 11) is 0. The van der Waals surface area contributed by atoms with Crippen molar-refractivity contribution >= 4 is 38.5 Å². The van der Waals surface area contributed by atoms with Crippen molar-refractivity contribution in [3.8, 4) is 11.8 Å². The first kappa shape index (κ1) is 19.6. The summed E-state index contributed by atoms with van der Waals surface area (Å²) in [4.78, 5) is 19.5. The van der Waals surface area contributed by atoms with Gasteiger partial charge in [-0.1, -0.05) is 58.4 Å². The lowest BCUT2D eigenvalue weighted by molar-refractivity contribution is 0.305. The molecule has 6 heteroatoms. The van der Waals surface area contributed by atoms with Crippen LogP contribution in [0.5, 0.6) is 5.75 Å². The van der Waals surface area contributed by atoms with Crippen LogP contribution in [0.15, 0.2) is 82.1 Å². The van der Waals surface area contributed by atoms with Gasteiger partial charge >= 0.3 is 0 Å². The van der Waals surface area contributed by atoms with E-state index in [9.17, 15) is 10.1 Å². The number of allylic oxidation sites excluding steroid dienone is 1. The number of H-pyrrole nitrogens is 1. The van der Waals surface area contributed by atoms with Crippen LogP contribution in [0.25, 0.3) is 22.6 Å². The molecule has 0 spiro atoms. The minimum Gasteiger partial charge on any atom is -0.488 e. The van der Waals surface area contributed by atoms with E-state index < -0.39 is 0 Å². The Kier molecular flexibility index (Phi) is 5.73. The van der Waals surface area contributed by atoms with Gasteiger partial charge in [-0.05, 0) is 42.0 Å². The van der Waals surface area contributed by atoms with Gasteiger partial charge in [-0.3, -0.25) is 4.79 Å². The minimum atomic E-state index is -0.286. The molecule has 1 N–H and O–H groups in total. The highest BCUT2D eigenvalue weighted by atomic mass is 79.9. The summed E-state index contributed by atoms with van der Waals surface area (Å²) >= 11 is 3.46. The Hall–Kier alpha value is -3.69. The van der Waals surface area contributed by atoms with Crippen LogP contribution in [-0.2, 0) is 6.61 Å². The number of aromatic amines is 1. The molecule has 4 aromatic rings. The Morgan fingerprint density at radius 1 is 1.10 bits per heavy atom. The van der Waals surface area contributed by atoms with E-state index in [0.29, 0.717) is 28.8 Å². The molecule has 3 aromatic carbocycles. The molecule has 0 unspecified atom stereocenters. The van der Waals surface area contributed by atoms with Crippen LogP contribution < -0.4 is 10.3 Å². The lowest BCUT2D eigenvalue weighted by Crippen LogP contribution is -2.11. The van der Waals surface area contributed by atoms with Crippen molar-refractivity contribution < 1.29 is 4.74 Å². The number of benzene rings is 3. The van der Waals surface area contributed by atoms with E-state index in [1.165, 1.54) is 0 Å². The average molecular weight is 458 g/mol. The highest BCUT2D eigenvalue weighted by molar-refractivity contribution is 9.10. The zero-order chi connectivity index (χ0) is 20.9. The van der Waals surface area contributed by atoms with Gasteiger partial charge in [0.2, 0.25) is 0 Å². The molecule has 30 heavy (non-hydrogen) atoms. The van der Waals surface area contributed by atoms with Gasteiger partial charge in [0, 0.05) is 10.0 Å². The first-order chi connectivity index (χ1) is 14.6. The van der Waals surface area contributed by atoms with Gasteiger partial charge in [0.15, 0.2) is 5.82 Å². The van der Waals surface area contributed by atoms with Crippen molar-refractivity contribution in [2.45, 2.75) is 6.61 Å². The van der Waals surface area contributed by atoms with Gasteiger partial charge in [0.25, 0.3) is 5.56 Å². The maximum absolute atomic E-state index is 12.4. The number of nitriles is 1. The zero-order valence-corrected chi connectivity index (χ0v) is 17.4. The Morgan fingerprint density at radius 3 is 2.67 bits per heavy atom. The Balaban J connectivity index is 1.73. The van der Waals surface area contributed by atoms with Crippen molar-refractivity contribution in [1.29, 1.82) is 5.26 Å². The first-order valence-electron chi connectivity index (χ1n) is 9.21. The quantitative estimate of drug-likeness (QED) is 0.410. The van der Waals surface area contributed by atoms with Crippen molar-refractivity contribution in [3.63, 3.8) is 0 Å². The Morgan fingerprint density at radius 2 is 1.87 bits per heavy atom. The maximum Gasteiger partial charge on any atom is 0.259 e. The van der Waals surface area contributed by atoms with Crippen molar-refractivity contribution in [1.82, 2.24) is 9.97 Å². The van der Waals surface area contributed by atoms with Gasteiger partial charge in [0.1, 0.15) is 18.4 Å². The van der Waals surface area contributed by atoms with Crippen molar-refractivity contribution in [2.75, 3.05) is 0 Å². The third-order valence-corrected chi connectivity index (χ3v) is 4.99. The Bertz CT molecular complexity index is 1340. The van der Waals surface area contributed by atoms with Crippen LogP contribution in [0.4, 0.5) is 0 Å². The summed E-state index contributed by atoms with van der Waals surface area (Å²) in [5.74, 6) is 0.841. The number of hydrogen-bond acceptors (Lipinski definition) is 4. The molecule has 0 atom stereocenters. The van der Waals surface area contributed by atoms with E-state index in [1.54, 1.807) is 30.3 Å². The van der Waals surface area contributed by atoms with E-state index >= 15 is 0 Å². The fraction of sp³-hybridized carbons (Fsp3) is 0.0417. The SMILES string of the molecule is N#C/C(=C\c1cc(Br)ccc1OCc1ccccc1)c1nc2ccccc2c(=O)[nH]1. The van der Waals surface area contributed by atoms with E-state index in [-0.39, 0.29) is 17.0 Å². The highest BCUT2D eigenvalue weighted by Gasteiger charge is 2.11. The van der Waals surface area contributed by atoms with Gasteiger partial charge in [0.05, 0.1) is 16.5 Å². The number of ether oxygens (including phenoxy) is 1. The molecule has 0 saturated carbocycles. The molecule has 4 rings (SSSR count). The van der Waals surface area contributed by atoms with Gasteiger partial charge in [-0.2, -0.15) is 5.26 Å². The predicted octanol–water partition coefficient (Wildman–Crippen LogP) is 5.33. The topological polar surface area (TPSA) is 78.8 Å². The third-order valence-electron chi connectivity index (χ3n) is 4.50. The molecule has 146 valence electrons. The first-order valence-corrected chi connectivity index (χ1v) is 10.0. The maximum atomic E-state index is 12.4. The van der Waals surface area contributed by atoms with Crippen molar-refractivity contribution in [2.24, 2.45) is 0 Å². The molecule has 1 aromatic heterocycles. The number of para-hydroxylation sites is 1. The van der Waals surface area contributed by atoms with Gasteiger partial charge in [-0.15, -0.1) is 0 Å². The monoisotopic (exact) mass is 457 g/mol. The van der Waals surface area contributed by atoms with Gasteiger partial charge < -0.3 is 9.72 Å². The fourth-order valence-electron chi connectivity index (χ4n) is 3.02. The lowest BCUT2D eigenvalue weighted by Gasteiger charge is -2.10. The minimum absolute atomic E-state index is 0.218. The number of fused-ring (bicyclic) bond motifs is 1. The largest absolute Gasteiger partial charge is 0.488 e. The predicted molar refractivity (Wildman–Crippen MR) is 121 cm³/mol. The third kappa shape index (κ3) is 4.32. The molecule has 0 aliphatic heterocycles. The number of nitrogens with one attached hydrogen (secondary N) is 1. The highest BCUT2D eigenvalue weighted by Crippen LogP contribution is 2.28. The standard InChI is InChI=1S/C24H16BrN3O2/c25-19-10-11-22(30-15-16-6-2-1-3-7-16)17(13-19)12-18(14-26)23-27-21-9-5-4-8-20(21)24(29)28-23/h1-13H,15H2,(H,27,28,29)/b18-12+. The summed E-state index contributed by atoms with van der Waals surface area (Å²) in [5, 5.41) is 10.2. The molecular weight excluding hydrogens is 442 g/mol. The number of halogens is 1. The summed E-state index contributed by atoms with van der Waals surface area (Å²) in [6.07, 6.45) is 1.66. The van der Waals surface area contributed by atoms with Crippen LogP contribution in [0.1, 0.15) is 17.0 Å². The van der Waals surface area contributed by atoms with E-state index in [0.717, 1.165) is 10.0 Å².